The van der Waals surface area contributed by atoms with E-state index in [1.54, 1.807) is 0 Å². The maximum absolute atomic E-state index is 11.4. The summed E-state index contributed by atoms with van der Waals surface area (Å²) in [5, 5.41) is 27.4. The number of nitrogens with one attached hydrogen (secondary N) is 1. The van der Waals surface area contributed by atoms with Gasteiger partial charge in [-0.3, -0.25) is 14.9 Å². The maximum Gasteiger partial charge on any atom is 0.468 e. The number of amides is 1. The Kier molecular flexibility index (Phi) is 4.80. The van der Waals surface area contributed by atoms with E-state index < -0.39 is 27.3 Å². The number of nitro groups is 2. The van der Waals surface area contributed by atoms with Crippen LogP contribution in [0.4, 0.5) is 11.5 Å². The fraction of sp³-hybridized carbons (Fsp3) is 0.500. The average molecular weight is 289 g/mol. The van der Waals surface area contributed by atoms with Crippen molar-refractivity contribution < 1.29 is 14.6 Å². The zero-order chi connectivity index (χ0) is 14.6. The highest BCUT2D eigenvalue weighted by molar-refractivity contribution is 7.80. The fourth-order valence-corrected chi connectivity index (χ4v) is 1.51. The van der Waals surface area contributed by atoms with Gasteiger partial charge in [-0.05, 0) is 11.8 Å². The standard InChI is InChI=1S/C8H11N5O5S/c1-5-7(12(15)16)8(13(17)18)10-11(5)4-6(14)9-2-3-19/h19H,2-4H2,1H3,(H,9,14). The van der Waals surface area contributed by atoms with E-state index in [1.165, 1.54) is 6.92 Å². The van der Waals surface area contributed by atoms with Crippen molar-refractivity contribution in [3.8, 4) is 0 Å². The summed E-state index contributed by atoms with van der Waals surface area (Å²) in [4.78, 5) is 31.0. The first-order valence-electron chi connectivity index (χ1n) is 5.12. The Bertz CT molecular complexity index is 528. The van der Waals surface area contributed by atoms with Crippen molar-refractivity contribution in [3.63, 3.8) is 0 Å². The number of hydrogen-bond acceptors (Lipinski definition) is 7. The quantitative estimate of drug-likeness (QED) is 0.432. The van der Waals surface area contributed by atoms with Crippen LogP contribution in [0.25, 0.3) is 0 Å². The van der Waals surface area contributed by atoms with E-state index in [-0.39, 0.29) is 12.2 Å². The molecular formula is C8H11N5O5S. The first-order chi connectivity index (χ1) is 8.88. The third-order valence-electron chi connectivity index (χ3n) is 2.24. The molecule has 1 rings (SSSR count). The highest BCUT2D eigenvalue weighted by Crippen LogP contribution is 2.28. The Hall–Kier alpha value is -2.17. The molecule has 1 heterocycles. The van der Waals surface area contributed by atoms with Crippen molar-refractivity contribution in [1.82, 2.24) is 15.1 Å². The van der Waals surface area contributed by atoms with Crippen molar-refractivity contribution in [3.05, 3.63) is 25.9 Å². The van der Waals surface area contributed by atoms with E-state index in [0.29, 0.717) is 12.3 Å². The van der Waals surface area contributed by atoms with Gasteiger partial charge in [-0.25, -0.2) is 0 Å². The van der Waals surface area contributed by atoms with E-state index in [4.69, 9.17) is 0 Å². The Morgan fingerprint density at radius 3 is 2.47 bits per heavy atom. The third-order valence-corrected chi connectivity index (χ3v) is 2.46. The summed E-state index contributed by atoms with van der Waals surface area (Å²) in [6.45, 7) is 1.30. The minimum atomic E-state index is -0.951. The third kappa shape index (κ3) is 3.40. The van der Waals surface area contributed by atoms with Gasteiger partial charge in [-0.2, -0.15) is 17.3 Å². The van der Waals surface area contributed by atoms with Crippen LogP contribution in [0.1, 0.15) is 5.69 Å². The molecule has 11 heteroatoms. The van der Waals surface area contributed by atoms with Crippen LogP contribution in [0.15, 0.2) is 0 Å². The van der Waals surface area contributed by atoms with Crippen molar-refractivity contribution in [1.29, 1.82) is 0 Å². The molecule has 0 saturated heterocycles. The van der Waals surface area contributed by atoms with Gasteiger partial charge in [-0.1, -0.05) is 0 Å². The molecule has 0 bridgehead atoms. The van der Waals surface area contributed by atoms with E-state index in [2.05, 4.69) is 23.0 Å². The predicted octanol–water partition coefficient (Wildman–Crippen LogP) is 0.0539. The van der Waals surface area contributed by atoms with Crippen LogP contribution < -0.4 is 5.32 Å². The summed E-state index contributed by atoms with van der Waals surface area (Å²) < 4.78 is 0.935. The molecule has 0 fully saturated rings. The second-order valence-corrected chi connectivity index (χ2v) is 3.95. The molecule has 0 aromatic carbocycles. The normalized spacial score (nSPS) is 10.2. The summed E-state index contributed by atoms with van der Waals surface area (Å²) >= 11 is 3.90. The number of nitrogens with zero attached hydrogens (tertiary/aromatic N) is 4. The molecule has 1 amide bonds. The van der Waals surface area contributed by atoms with Gasteiger partial charge in [0.05, 0.1) is 10.0 Å². The molecule has 104 valence electrons. The number of carbonyl (C=O) groups excluding carboxylic acids is 1. The molecule has 1 aromatic rings. The monoisotopic (exact) mass is 289 g/mol. The molecule has 0 unspecified atom stereocenters. The predicted molar refractivity (Wildman–Crippen MR) is 67.1 cm³/mol. The second-order valence-electron chi connectivity index (χ2n) is 3.50. The van der Waals surface area contributed by atoms with Gasteiger partial charge < -0.3 is 15.4 Å². The summed E-state index contributed by atoms with van der Waals surface area (Å²) in [6, 6.07) is 0. The maximum atomic E-state index is 11.4. The highest BCUT2D eigenvalue weighted by atomic mass is 32.1. The lowest BCUT2D eigenvalue weighted by Crippen LogP contribution is -2.29. The van der Waals surface area contributed by atoms with Gasteiger partial charge in [0.15, 0.2) is 0 Å². The zero-order valence-corrected chi connectivity index (χ0v) is 10.8. The molecule has 0 aliphatic rings. The molecule has 1 aromatic heterocycles. The number of carbonyl (C=O) groups is 1. The Morgan fingerprint density at radius 2 is 2.05 bits per heavy atom. The number of hydrogen-bond donors (Lipinski definition) is 2. The van der Waals surface area contributed by atoms with Crippen LogP contribution in [0.2, 0.25) is 0 Å². The lowest BCUT2D eigenvalue weighted by molar-refractivity contribution is -0.424. The Labute approximate surface area is 112 Å². The van der Waals surface area contributed by atoms with Gasteiger partial charge in [0, 0.05) is 12.3 Å². The van der Waals surface area contributed by atoms with Gasteiger partial charge in [0.1, 0.15) is 12.2 Å². The minimum Gasteiger partial charge on any atom is -0.358 e. The summed E-state index contributed by atoms with van der Waals surface area (Å²) in [5.41, 5.74) is -0.746. The highest BCUT2D eigenvalue weighted by Gasteiger charge is 2.35. The zero-order valence-electron chi connectivity index (χ0n) is 9.90. The number of thiol groups is 1. The first-order valence-corrected chi connectivity index (χ1v) is 5.75. The summed E-state index contributed by atoms with van der Waals surface area (Å²) in [7, 11) is 0. The van der Waals surface area contributed by atoms with Crippen LogP contribution in [-0.4, -0.2) is 37.8 Å². The largest absolute Gasteiger partial charge is 0.468 e. The molecule has 0 spiro atoms. The van der Waals surface area contributed by atoms with Crippen LogP contribution >= 0.6 is 12.6 Å². The van der Waals surface area contributed by atoms with Crippen molar-refractivity contribution in [2.24, 2.45) is 0 Å². The SMILES string of the molecule is Cc1c([N+](=O)[O-])c([N+](=O)[O-])nn1CC(=O)NCCS. The molecule has 19 heavy (non-hydrogen) atoms. The number of aromatic nitrogens is 2. The van der Waals surface area contributed by atoms with E-state index in [1.807, 2.05) is 0 Å². The van der Waals surface area contributed by atoms with Crippen molar-refractivity contribution in [2.75, 3.05) is 12.3 Å². The summed E-state index contributed by atoms with van der Waals surface area (Å²) in [5.74, 6) is -0.890. The Morgan fingerprint density at radius 1 is 1.42 bits per heavy atom. The number of rotatable bonds is 6. The van der Waals surface area contributed by atoms with E-state index >= 15 is 0 Å². The Balaban J connectivity index is 3.03. The molecule has 0 aliphatic carbocycles. The first kappa shape index (κ1) is 14.9. The van der Waals surface area contributed by atoms with Crippen LogP contribution in [0.3, 0.4) is 0 Å². The van der Waals surface area contributed by atoms with Gasteiger partial charge in [0.25, 0.3) is 0 Å². The fourth-order valence-electron chi connectivity index (χ4n) is 1.40. The van der Waals surface area contributed by atoms with Gasteiger partial charge in [-0.15, -0.1) is 0 Å². The average Bonchev–Trinajstić information content (AvgIpc) is 2.64. The van der Waals surface area contributed by atoms with Gasteiger partial charge >= 0.3 is 11.5 Å². The van der Waals surface area contributed by atoms with Crippen molar-refractivity contribution in [2.45, 2.75) is 13.5 Å². The smallest absolute Gasteiger partial charge is 0.358 e. The van der Waals surface area contributed by atoms with Crippen LogP contribution in [0.5, 0.6) is 0 Å². The van der Waals surface area contributed by atoms with Crippen LogP contribution in [0, 0.1) is 27.2 Å². The molecule has 0 aliphatic heterocycles. The van der Waals surface area contributed by atoms with Crippen LogP contribution in [-0.2, 0) is 11.3 Å². The molecule has 0 atom stereocenters. The second kappa shape index (κ2) is 6.13. The molecule has 1 N–H and O–H groups in total. The lowest BCUT2D eigenvalue weighted by Gasteiger charge is -2.01. The minimum absolute atomic E-state index is 0.0438. The molecule has 0 radical (unpaired) electrons. The topological polar surface area (TPSA) is 133 Å². The van der Waals surface area contributed by atoms with Crippen molar-refractivity contribution >= 4 is 30.0 Å². The van der Waals surface area contributed by atoms with E-state index in [0.717, 1.165) is 4.68 Å². The molecule has 0 saturated carbocycles. The molecular weight excluding hydrogens is 278 g/mol. The lowest BCUT2D eigenvalue weighted by atomic mass is 10.4. The van der Waals surface area contributed by atoms with E-state index in [9.17, 15) is 25.0 Å². The molecule has 10 nitrogen and oxygen atoms in total. The van der Waals surface area contributed by atoms with Gasteiger partial charge in [0.2, 0.25) is 5.91 Å². The summed E-state index contributed by atoms with van der Waals surface area (Å²) in [6.07, 6.45) is 0.